The van der Waals surface area contributed by atoms with Gasteiger partial charge in [-0.3, -0.25) is 0 Å². The molecule has 0 bridgehead atoms. The van der Waals surface area contributed by atoms with Gasteiger partial charge >= 0.3 is 0 Å². The van der Waals surface area contributed by atoms with Crippen LogP contribution in [0.25, 0.3) is 5.69 Å². The monoisotopic (exact) mass is 359 g/mol. The molecule has 0 radical (unpaired) electrons. The molecule has 6 nitrogen and oxygen atoms in total. The van der Waals surface area contributed by atoms with Gasteiger partial charge in [-0.2, -0.15) is 4.68 Å². The minimum Gasteiger partial charge on any atom is -0.390 e. The Kier molecular flexibility index (Phi) is 5.62. The minimum atomic E-state index is -0.599. The van der Waals surface area contributed by atoms with Crippen molar-refractivity contribution in [3.63, 3.8) is 0 Å². The fourth-order valence-corrected chi connectivity index (χ4v) is 3.04. The Balaban J connectivity index is 1.55. The first-order chi connectivity index (χ1) is 12.1. The van der Waals surface area contributed by atoms with Gasteiger partial charge in [0.2, 0.25) is 5.16 Å². The number of halogens is 1. The SMILES string of the molecule is Cc1cccc(-n2nnnc2SC[C@@H](O)CNc2ccc(F)cc2)c1. The Morgan fingerprint density at radius 3 is 2.80 bits per heavy atom. The Morgan fingerprint density at radius 1 is 1.24 bits per heavy atom. The molecule has 0 unspecified atom stereocenters. The first-order valence-electron chi connectivity index (χ1n) is 7.77. The summed E-state index contributed by atoms with van der Waals surface area (Å²) in [5.41, 5.74) is 2.76. The highest BCUT2D eigenvalue weighted by atomic mass is 32.2. The van der Waals surface area contributed by atoms with Gasteiger partial charge in [0.1, 0.15) is 5.82 Å². The van der Waals surface area contributed by atoms with Crippen LogP contribution in [0.5, 0.6) is 0 Å². The average Bonchev–Trinajstić information content (AvgIpc) is 3.08. The standard InChI is InChI=1S/C17H18FN5OS/c1-12-3-2-4-15(9-12)23-17(20-21-22-23)25-11-16(24)10-19-14-7-5-13(18)6-8-14/h2-9,16,19,24H,10-11H2,1H3/t16-/m0/s1. The molecule has 2 N–H and O–H groups in total. The number of aryl methyl sites for hydroxylation is 1. The van der Waals surface area contributed by atoms with Gasteiger partial charge in [-0.05, 0) is 59.3 Å². The van der Waals surface area contributed by atoms with Crippen molar-refractivity contribution in [2.24, 2.45) is 0 Å². The van der Waals surface area contributed by atoms with Gasteiger partial charge in [-0.15, -0.1) is 5.10 Å². The summed E-state index contributed by atoms with van der Waals surface area (Å²) in [7, 11) is 0. The summed E-state index contributed by atoms with van der Waals surface area (Å²) >= 11 is 1.38. The zero-order chi connectivity index (χ0) is 17.6. The molecule has 130 valence electrons. The van der Waals surface area contributed by atoms with E-state index < -0.39 is 6.10 Å². The van der Waals surface area contributed by atoms with Crippen molar-refractivity contribution >= 4 is 17.4 Å². The number of rotatable bonds is 7. The highest BCUT2D eigenvalue weighted by molar-refractivity contribution is 7.99. The van der Waals surface area contributed by atoms with Crippen molar-refractivity contribution in [2.75, 3.05) is 17.6 Å². The average molecular weight is 359 g/mol. The van der Waals surface area contributed by atoms with Gasteiger partial charge in [0.25, 0.3) is 0 Å². The van der Waals surface area contributed by atoms with Crippen LogP contribution in [0.4, 0.5) is 10.1 Å². The van der Waals surface area contributed by atoms with Crippen LogP contribution in [0.2, 0.25) is 0 Å². The van der Waals surface area contributed by atoms with E-state index in [1.54, 1.807) is 16.8 Å². The van der Waals surface area contributed by atoms with Crippen LogP contribution in [0.15, 0.2) is 53.7 Å². The maximum absolute atomic E-state index is 12.9. The number of nitrogens with zero attached hydrogens (tertiary/aromatic N) is 4. The van der Waals surface area contributed by atoms with Gasteiger partial charge in [-0.1, -0.05) is 23.9 Å². The molecule has 0 saturated carbocycles. The van der Waals surface area contributed by atoms with E-state index in [0.29, 0.717) is 17.5 Å². The summed E-state index contributed by atoms with van der Waals surface area (Å²) in [4.78, 5) is 0. The van der Waals surface area contributed by atoms with E-state index in [1.165, 1.54) is 23.9 Å². The number of thioether (sulfide) groups is 1. The summed E-state index contributed by atoms with van der Waals surface area (Å²) in [5, 5.41) is 25.6. The number of tetrazole rings is 1. The van der Waals surface area contributed by atoms with E-state index in [2.05, 4.69) is 20.8 Å². The molecule has 2 aromatic carbocycles. The maximum atomic E-state index is 12.9. The molecular formula is C17H18FN5OS. The molecule has 3 rings (SSSR count). The number of aromatic nitrogens is 4. The highest BCUT2D eigenvalue weighted by Gasteiger charge is 2.12. The summed E-state index contributed by atoms with van der Waals surface area (Å²) in [6, 6.07) is 13.9. The second kappa shape index (κ2) is 8.09. The molecule has 0 aliphatic heterocycles. The number of aliphatic hydroxyl groups excluding tert-OH is 1. The topological polar surface area (TPSA) is 75.9 Å². The van der Waals surface area contributed by atoms with Crippen molar-refractivity contribution in [3.05, 3.63) is 59.9 Å². The van der Waals surface area contributed by atoms with Gasteiger partial charge in [-0.25, -0.2) is 4.39 Å². The maximum Gasteiger partial charge on any atom is 0.214 e. The summed E-state index contributed by atoms with van der Waals surface area (Å²) in [6.07, 6.45) is -0.599. The third-order valence-electron chi connectivity index (χ3n) is 3.48. The summed E-state index contributed by atoms with van der Waals surface area (Å²) < 4.78 is 14.5. The van der Waals surface area contributed by atoms with Crippen molar-refractivity contribution in [1.29, 1.82) is 0 Å². The fraction of sp³-hybridized carbons (Fsp3) is 0.235. The number of anilines is 1. The Hall–Kier alpha value is -2.45. The number of aliphatic hydroxyl groups is 1. The molecule has 25 heavy (non-hydrogen) atoms. The lowest BCUT2D eigenvalue weighted by Gasteiger charge is -2.12. The van der Waals surface area contributed by atoms with Crippen LogP contribution in [0.1, 0.15) is 5.56 Å². The number of benzene rings is 2. The zero-order valence-electron chi connectivity index (χ0n) is 13.6. The van der Waals surface area contributed by atoms with Crippen molar-refractivity contribution < 1.29 is 9.50 Å². The number of hydrogen-bond acceptors (Lipinski definition) is 6. The normalized spacial score (nSPS) is 12.1. The molecule has 0 fully saturated rings. The second-order valence-corrected chi connectivity index (χ2v) is 6.55. The molecule has 0 amide bonds. The predicted octanol–water partition coefficient (Wildman–Crippen LogP) is 2.67. The third-order valence-corrected chi connectivity index (χ3v) is 4.54. The third kappa shape index (κ3) is 4.77. The van der Waals surface area contributed by atoms with Gasteiger partial charge < -0.3 is 10.4 Å². The van der Waals surface area contributed by atoms with E-state index in [4.69, 9.17) is 0 Å². The summed E-state index contributed by atoms with van der Waals surface area (Å²) in [5.74, 6) is 0.144. The molecule has 1 aromatic heterocycles. The first kappa shape index (κ1) is 17.4. The molecule has 0 aliphatic rings. The lowest BCUT2D eigenvalue weighted by Crippen LogP contribution is -2.22. The van der Waals surface area contributed by atoms with E-state index in [1.807, 2.05) is 31.2 Å². The molecule has 0 saturated heterocycles. The Morgan fingerprint density at radius 2 is 2.04 bits per heavy atom. The molecule has 3 aromatic rings. The van der Waals surface area contributed by atoms with Gasteiger partial charge in [0.05, 0.1) is 11.8 Å². The number of nitrogens with one attached hydrogen (secondary N) is 1. The lowest BCUT2D eigenvalue weighted by molar-refractivity contribution is 0.213. The number of hydrogen-bond donors (Lipinski definition) is 2. The Labute approximate surface area is 149 Å². The predicted molar refractivity (Wildman–Crippen MR) is 95.5 cm³/mol. The molecular weight excluding hydrogens is 341 g/mol. The smallest absolute Gasteiger partial charge is 0.214 e. The fourth-order valence-electron chi connectivity index (χ4n) is 2.22. The molecule has 8 heteroatoms. The lowest BCUT2D eigenvalue weighted by atomic mass is 10.2. The summed E-state index contributed by atoms with van der Waals surface area (Å²) in [6.45, 7) is 2.36. The van der Waals surface area contributed by atoms with Crippen LogP contribution >= 0.6 is 11.8 Å². The van der Waals surface area contributed by atoms with Gasteiger partial charge in [0, 0.05) is 18.0 Å². The van der Waals surface area contributed by atoms with Crippen molar-refractivity contribution in [1.82, 2.24) is 20.2 Å². The molecule has 1 atom stereocenters. The largest absolute Gasteiger partial charge is 0.390 e. The van der Waals surface area contributed by atoms with Crippen LogP contribution in [0, 0.1) is 12.7 Å². The minimum absolute atomic E-state index is 0.287. The van der Waals surface area contributed by atoms with E-state index >= 15 is 0 Å². The highest BCUT2D eigenvalue weighted by Crippen LogP contribution is 2.19. The van der Waals surface area contributed by atoms with Crippen LogP contribution in [-0.2, 0) is 0 Å². The molecule has 1 heterocycles. The van der Waals surface area contributed by atoms with Crippen molar-refractivity contribution in [2.45, 2.75) is 18.2 Å². The van der Waals surface area contributed by atoms with E-state index in [-0.39, 0.29) is 5.82 Å². The zero-order valence-corrected chi connectivity index (χ0v) is 14.4. The van der Waals surface area contributed by atoms with E-state index in [9.17, 15) is 9.50 Å². The Bertz CT molecular complexity index is 824. The van der Waals surface area contributed by atoms with Gasteiger partial charge in [0.15, 0.2) is 0 Å². The van der Waals surface area contributed by atoms with Crippen LogP contribution in [0.3, 0.4) is 0 Å². The molecule has 0 spiro atoms. The van der Waals surface area contributed by atoms with Crippen molar-refractivity contribution in [3.8, 4) is 5.69 Å². The van der Waals surface area contributed by atoms with Crippen LogP contribution in [-0.4, -0.2) is 43.7 Å². The quantitative estimate of drug-likeness (QED) is 0.632. The molecule has 0 aliphatic carbocycles. The van der Waals surface area contributed by atoms with E-state index in [0.717, 1.165) is 16.9 Å². The van der Waals surface area contributed by atoms with Crippen LogP contribution < -0.4 is 5.32 Å². The second-order valence-electron chi connectivity index (χ2n) is 5.56. The first-order valence-corrected chi connectivity index (χ1v) is 8.76.